The standard InChI is InChI=1S/C6H12N2O2.ClH/c1-8-3-2-5(4-8)7-6(9)10;/h5,7H,2-4H2,1H3,(H,9,10);1H/t5-;/m0./s1. The second kappa shape index (κ2) is 4.41. The smallest absolute Gasteiger partial charge is 0.404 e. The Bertz CT molecular complexity index is 143. The van der Waals surface area contributed by atoms with Gasteiger partial charge in [0.05, 0.1) is 0 Å². The minimum atomic E-state index is -0.916. The molecule has 1 fully saturated rings. The van der Waals surface area contributed by atoms with Crippen LogP contribution in [0.15, 0.2) is 0 Å². The van der Waals surface area contributed by atoms with Crippen LogP contribution in [-0.4, -0.2) is 42.3 Å². The number of nitrogens with one attached hydrogen (secondary N) is 1. The molecule has 0 bridgehead atoms. The maximum atomic E-state index is 10.1. The monoisotopic (exact) mass is 180 g/mol. The lowest BCUT2D eigenvalue weighted by Gasteiger charge is -2.08. The largest absolute Gasteiger partial charge is 0.465 e. The first-order valence-electron chi connectivity index (χ1n) is 3.36. The van der Waals surface area contributed by atoms with Crippen molar-refractivity contribution in [3.05, 3.63) is 0 Å². The van der Waals surface area contributed by atoms with Gasteiger partial charge in [0.25, 0.3) is 0 Å². The summed E-state index contributed by atoms with van der Waals surface area (Å²) in [5.74, 6) is 0. The lowest BCUT2D eigenvalue weighted by Crippen LogP contribution is -2.35. The molecule has 0 aliphatic carbocycles. The molecule has 66 valence electrons. The van der Waals surface area contributed by atoms with Gasteiger partial charge in [0.1, 0.15) is 0 Å². The molecule has 1 aliphatic rings. The average Bonchev–Trinajstić information content (AvgIpc) is 2.13. The maximum absolute atomic E-state index is 10.1. The zero-order valence-electron chi connectivity index (χ0n) is 6.41. The molecule has 5 heteroatoms. The van der Waals surface area contributed by atoms with E-state index in [0.29, 0.717) is 0 Å². The second-order valence-corrected chi connectivity index (χ2v) is 2.70. The van der Waals surface area contributed by atoms with Gasteiger partial charge in [-0.3, -0.25) is 0 Å². The van der Waals surface area contributed by atoms with Crippen molar-refractivity contribution in [1.82, 2.24) is 10.2 Å². The molecule has 0 aromatic rings. The topological polar surface area (TPSA) is 52.6 Å². The molecule has 1 aliphatic heterocycles. The summed E-state index contributed by atoms with van der Waals surface area (Å²) in [6, 6.07) is 0.141. The minimum Gasteiger partial charge on any atom is -0.465 e. The van der Waals surface area contributed by atoms with E-state index >= 15 is 0 Å². The Morgan fingerprint density at radius 1 is 1.73 bits per heavy atom. The summed E-state index contributed by atoms with van der Waals surface area (Å²) in [5, 5.41) is 10.8. The van der Waals surface area contributed by atoms with Crippen LogP contribution in [0, 0.1) is 0 Å². The van der Waals surface area contributed by atoms with Gasteiger partial charge in [-0.25, -0.2) is 4.79 Å². The molecule has 2 N–H and O–H groups in total. The lowest BCUT2D eigenvalue weighted by molar-refractivity contribution is 0.190. The molecule has 4 nitrogen and oxygen atoms in total. The third kappa shape index (κ3) is 3.43. The highest BCUT2D eigenvalue weighted by atomic mass is 35.5. The van der Waals surface area contributed by atoms with Crippen LogP contribution in [0.5, 0.6) is 0 Å². The van der Waals surface area contributed by atoms with Crippen LogP contribution in [0.2, 0.25) is 0 Å². The highest BCUT2D eigenvalue weighted by molar-refractivity contribution is 5.85. The Morgan fingerprint density at radius 3 is 2.73 bits per heavy atom. The van der Waals surface area contributed by atoms with Crippen LogP contribution in [0.1, 0.15) is 6.42 Å². The zero-order chi connectivity index (χ0) is 7.56. The van der Waals surface area contributed by atoms with Gasteiger partial charge in [0, 0.05) is 12.6 Å². The Morgan fingerprint density at radius 2 is 2.36 bits per heavy atom. The van der Waals surface area contributed by atoms with Gasteiger partial charge in [-0.05, 0) is 20.0 Å². The molecule has 1 atom stereocenters. The highest BCUT2D eigenvalue weighted by Gasteiger charge is 2.20. The van der Waals surface area contributed by atoms with Crippen LogP contribution in [0.25, 0.3) is 0 Å². The molecule has 1 heterocycles. The number of likely N-dealkylation sites (N-methyl/N-ethyl adjacent to an activating group) is 1. The Hall–Kier alpha value is -0.480. The van der Waals surface area contributed by atoms with Crippen molar-refractivity contribution in [3.8, 4) is 0 Å². The molecular weight excluding hydrogens is 168 g/mol. The molecular formula is C6H13ClN2O2. The van der Waals surface area contributed by atoms with Crippen LogP contribution >= 0.6 is 12.4 Å². The van der Waals surface area contributed by atoms with E-state index < -0.39 is 6.09 Å². The van der Waals surface area contributed by atoms with E-state index in [0.717, 1.165) is 19.5 Å². The molecule has 0 saturated carbocycles. The predicted octanol–water partition coefficient (Wildman–Crippen LogP) is 0.380. The fraction of sp³-hybridized carbons (Fsp3) is 0.833. The Balaban J connectivity index is 0.000001000. The van der Waals surface area contributed by atoms with E-state index in [2.05, 4.69) is 10.2 Å². The average molecular weight is 181 g/mol. The van der Waals surface area contributed by atoms with E-state index in [1.165, 1.54) is 0 Å². The summed E-state index contributed by atoms with van der Waals surface area (Å²) in [6.45, 7) is 1.83. The van der Waals surface area contributed by atoms with Crippen LogP contribution in [0.4, 0.5) is 4.79 Å². The number of carboxylic acid groups (broad SMARTS) is 1. The van der Waals surface area contributed by atoms with Crippen molar-refractivity contribution in [2.45, 2.75) is 12.5 Å². The van der Waals surface area contributed by atoms with Crippen LogP contribution in [-0.2, 0) is 0 Å². The summed E-state index contributed by atoms with van der Waals surface area (Å²) >= 11 is 0. The maximum Gasteiger partial charge on any atom is 0.404 e. The lowest BCUT2D eigenvalue weighted by atomic mass is 10.3. The summed E-state index contributed by atoms with van der Waals surface area (Å²) in [7, 11) is 1.99. The van der Waals surface area contributed by atoms with Crippen LogP contribution in [0.3, 0.4) is 0 Å². The molecule has 1 saturated heterocycles. The molecule has 0 unspecified atom stereocenters. The number of hydrogen-bond donors (Lipinski definition) is 2. The van der Waals surface area contributed by atoms with E-state index in [-0.39, 0.29) is 18.4 Å². The van der Waals surface area contributed by atoms with Gasteiger partial charge in [-0.1, -0.05) is 0 Å². The minimum absolute atomic E-state index is 0. The quantitative estimate of drug-likeness (QED) is 0.614. The third-order valence-corrected chi connectivity index (χ3v) is 1.72. The molecule has 0 aromatic heterocycles. The summed E-state index contributed by atoms with van der Waals surface area (Å²) in [6.07, 6.45) is 0.0169. The normalized spacial score (nSPS) is 24.3. The van der Waals surface area contributed by atoms with E-state index in [1.807, 2.05) is 7.05 Å². The van der Waals surface area contributed by atoms with Crippen molar-refractivity contribution in [2.24, 2.45) is 0 Å². The predicted molar refractivity (Wildman–Crippen MR) is 44.3 cm³/mol. The molecule has 0 spiro atoms. The summed E-state index contributed by atoms with van der Waals surface area (Å²) in [4.78, 5) is 12.2. The van der Waals surface area contributed by atoms with E-state index in [4.69, 9.17) is 5.11 Å². The number of hydrogen-bond acceptors (Lipinski definition) is 2. The zero-order valence-corrected chi connectivity index (χ0v) is 7.23. The number of rotatable bonds is 1. The van der Waals surface area contributed by atoms with Crippen molar-refractivity contribution in [3.63, 3.8) is 0 Å². The molecule has 1 rings (SSSR count). The molecule has 0 aromatic carbocycles. The number of nitrogens with zero attached hydrogens (tertiary/aromatic N) is 1. The van der Waals surface area contributed by atoms with Gasteiger partial charge < -0.3 is 15.3 Å². The van der Waals surface area contributed by atoms with Crippen molar-refractivity contribution in [2.75, 3.05) is 20.1 Å². The summed E-state index contributed by atoms with van der Waals surface area (Å²) < 4.78 is 0. The van der Waals surface area contributed by atoms with E-state index in [9.17, 15) is 4.79 Å². The van der Waals surface area contributed by atoms with Crippen molar-refractivity contribution >= 4 is 18.5 Å². The number of halogens is 1. The number of carbonyl (C=O) groups is 1. The van der Waals surface area contributed by atoms with Gasteiger partial charge >= 0.3 is 6.09 Å². The SMILES string of the molecule is CN1CC[C@H](NC(=O)O)C1.Cl. The highest BCUT2D eigenvalue weighted by Crippen LogP contribution is 2.05. The van der Waals surface area contributed by atoms with E-state index in [1.54, 1.807) is 0 Å². The third-order valence-electron chi connectivity index (χ3n) is 1.72. The molecule has 0 radical (unpaired) electrons. The first-order chi connectivity index (χ1) is 4.68. The second-order valence-electron chi connectivity index (χ2n) is 2.70. The first-order valence-corrected chi connectivity index (χ1v) is 3.36. The van der Waals surface area contributed by atoms with Gasteiger partial charge in [-0.15, -0.1) is 12.4 Å². The molecule has 1 amide bonds. The molecule has 11 heavy (non-hydrogen) atoms. The van der Waals surface area contributed by atoms with Crippen molar-refractivity contribution < 1.29 is 9.90 Å². The van der Waals surface area contributed by atoms with Gasteiger partial charge in [0.15, 0.2) is 0 Å². The Labute approximate surface area is 72.0 Å². The fourth-order valence-electron chi connectivity index (χ4n) is 1.23. The summed E-state index contributed by atoms with van der Waals surface area (Å²) in [5.41, 5.74) is 0. The number of likely N-dealkylation sites (tertiary alicyclic amines) is 1. The first kappa shape index (κ1) is 10.5. The Kier molecular flexibility index (Phi) is 4.22. The van der Waals surface area contributed by atoms with Gasteiger partial charge in [-0.2, -0.15) is 0 Å². The van der Waals surface area contributed by atoms with Gasteiger partial charge in [0.2, 0.25) is 0 Å². The van der Waals surface area contributed by atoms with Crippen molar-refractivity contribution in [1.29, 1.82) is 0 Å². The number of amides is 1. The van der Waals surface area contributed by atoms with Crippen LogP contribution < -0.4 is 5.32 Å². The fourth-order valence-corrected chi connectivity index (χ4v) is 1.23.